The van der Waals surface area contributed by atoms with Crippen molar-refractivity contribution >= 4 is 0 Å². The molecule has 3 heteroatoms. The van der Waals surface area contributed by atoms with Gasteiger partial charge in [-0.1, -0.05) is 37.3 Å². The molecule has 0 spiro atoms. The molecule has 1 saturated heterocycles. The molecule has 2 N–H and O–H groups in total. The lowest BCUT2D eigenvalue weighted by atomic mass is 9.90. The molecule has 0 bridgehead atoms. The molecular weight excluding hydrogens is 248 g/mol. The van der Waals surface area contributed by atoms with E-state index in [4.69, 9.17) is 0 Å². The molecule has 0 radical (unpaired) electrons. The van der Waals surface area contributed by atoms with Gasteiger partial charge in [0.05, 0.1) is 5.60 Å². The largest absolute Gasteiger partial charge is 0.390 e. The zero-order chi connectivity index (χ0) is 14.6. The molecule has 0 saturated carbocycles. The van der Waals surface area contributed by atoms with Gasteiger partial charge in [0, 0.05) is 25.7 Å². The molecule has 2 rings (SSSR count). The highest BCUT2D eigenvalue weighted by molar-refractivity contribution is 5.19. The van der Waals surface area contributed by atoms with Crippen molar-refractivity contribution in [3.8, 4) is 0 Å². The van der Waals surface area contributed by atoms with E-state index >= 15 is 0 Å². The van der Waals surface area contributed by atoms with E-state index in [2.05, 4.69) is 47.5 Å². The van der Waals surface area contributed by atoms with Crippen molar-refractivity contribution in [3.05, 3.63) is 35.9 Å². The third-order valence-corrected chi connectivity index (χ3v) is 4.52. The van der Waals surface area contributed by atoms with E-state index in [1.807, 2.05) is 14.0 Å². The van der Waals surface area contributed by atoms with Crippen LogP contribution in [0.4, 0.5) is 0 Å². The number of nitrogens with zero attached hydrogens (tertiary/aromatic N) is 1. The molecule has 1 aliphatic rings. The lowest BCUT2D eigenvalue weighted by Gasteiger charge is -2.38. The summed E-state index contributed by atoms with van der Waals surface area (Å²) in [7, 11) is 2.04. The number of nitrogens with one attached hydrogen (secondary N) is 1. The second-order valence-corrected chi connectivity index (χ2v) is 6.45. The van der Waals surface area contributed by atoms with Crippen LogP contribution in [0, 0.1) is 5.92 Å². The van der Waals surface area contributed by atoms with Crippen molar-refractivity contribution in [3.63, 3.8) is 0 Å². The van der Waals surface area contributed by atoms with Gasteiger partial charge >= 0.3 is 0 Å². The van der Waals surface area contributed by atoms with Crippen LogP contribution in [0.1, 0.15) is 38.3 Å². The van der Waals surface area contributed by atoms with Gasteiger partial charge in [0.15, 0.2) is 0 Å². The highest BCUT2D eigenvalue weighted by atomic mass is 16.3. The molecule has 1 aromatic rings. The Morgan fingerprint density at radius 1 is 1.25 bits per heavy atom. The summed E-state index contributed by atoms with van der Waals surface area (Å²) >= 11 is 0. The lowest BCUT2D eigenvalue weighted by Crippen LogP contribution is -2.45. The summed E-state index contributed by atoms with van der Waals surface area (Å²) in [5.41, 5.74) is 0.896. The Labute approximate surface area is 123 Å². The monoisotopic (exact) mass is 276 g/mol. The zero-order valence-corrected chi connectivity index (χ0v) is 13.0. The van der Waals surface area contributed by atoms with Crippen LogP contribution in [0.3, 0.4) is 0 Å². The quantitative estimate of drug-likeness (QED) is 0.867. The van der Waals surface area contributed by atoms with Gasteiger partial charge in [-0.25, -0.2) is 0 Å². The summed E-state index contributed by atoms with van der Waals surface area (Å²) in [6.07, 6.45) is 1.77. The maximum absolute atomic E-state index is 10.0. The van der Waals surface area contributed by atoms with E-state index in [1.165, 1.54) is 5.56 Å². The Morgan fingerprint density at radius 2 is 1.85 bits per heavy atom. The summed E-state index contributed by atoms with van der Waals surface area (Å²) in [5.74, 6) is 0.547. The smallest absolute Gasteiger partial charge is 0.0644 e. The van der Waals surface area contributed by atoms with E-state index in [-0.39, 0.29) is 0 Å². The fourth-order valence-corrected chi connectivity index (χ4v) is 3.17. The van der Waals surface area contributed by atoms with Crippen molar-refractivity contribution in [2.45, 2.75) is 38.3 Å². The van der Waals surface area contributed by atoms with Gasteiger partial charge < -0.3 is 15.3 Å². The Bertz CT molecular complexity index is 395. The second kappa shape index (κ2) is 6.70. The number of hydrogen-bond donors (Lipinski definition) is 2. The molecule has 2 unspecified atom stereocenters. The highest BCUT2D eigenvalue weighted by Gasteiger charge is 2.29. The van der Waals surface area contributed by atoms with Gasteiger partial charge in [0.1, 0.15) is 0 Å². The number of benzene rings is 1. The molecule has 1 aliphatic heterocycles. The first kappa shape index (κ1) is 15.5. The number of rotatable bonds is 5. The van der Waals surface area contributed by atoms with Gasteiger partial charge in [-0.05, 0) is 38.3 Å². The number of hydrogen-bond acceptors (Lipinski definition) is 3. The van der Waals surface area contributed by atoms with Gasteiger partial charge in [-0.2, -0.15) is 0 Å². The van der Waals surface area contributed by atoms with Crippen LogP contribution in [0.5, 0.6) is 0 Å². The molecule has 1 aromatic carbocycles. The minimum atomic E-state index is -0.457. The first-order valence-corrected chi connectivity index (χ1v) is 7.69. The predicted molar refractivity (Wildman–Crippen MR) is 83.7 cm³/mol. The van der Waals surface area contributed by atoms with Crippen LogP contribution in [-0.2, 0) is 0 Å². The number of likely N-dealkylation sites (tertiary alicyclic amines) is 1. The highest BCUT2D eigenvalue weighted by Crippen LogP contribution is 2.26. The third-order valence-electron chi connectivity index (χ3n) is 4.52. The Kier molecular flexibility index (Phi) is 5.19. The van der Waals surface area contributed by atoms with Gasteiger partial charge in [-0.15, -0.1) is 0 Å². The average molecular weight is 276 g/mol. The number of piperidine rings is 1. The normalized spacial score (nSPS) is 22.4. The fourth-order valence-electron chi connectivity index (χ4n) is 3.17. The van der Waals surface area contributed by atoms with Crippen LogP contribution >= 0.6 is 0 Å². The van der Waals surface area contributed by atoms with Crippen molar-refractivity contribution in [2.75, 3.05) is 26.7 Å². The topological polar surface area (TPSA) is 35.5 Å². The van der Waals surface area contributed by atoms with E-state index in [0.717, 1.165) is 32.5 Å². The molecule has 1 fully saturated rings. The molecule has 3 nitrogen and oxygen atoms in total. The van der Waals surface area contributed by atoms with Crippen LogP contribution in [0.2, 0.25) is 0 Å². The molecule has 0 aliphatic carbocycles. The SMILES string of the molecule is CNC(c1ccccc1)C(C)CN1CCC(C)(O)CC1. The summed E-state index contributed by atoms with van der Waals surface area (Å²) in [6.45, 7) is 7.34. The van der Waals surface area contributed by atoms with Gasteiger partial charge in [0.25, 0.3) is 0 Å². The van der Waals surface area contributed by atoms with Crippen LogP contribution < -0.4 is 5.32 Å². The average Bonchev–Trinajstić information content (AvgIpc) is 2.43. The standard InChI is InChI=1S/C17H28N2O/c1-14(13-19-11-9-17(2,20)10-12-19)16(18-3)15-7-5-4-6-8-15/h4-8,14,16,18,20H,9-13H2,1-3H3. The second-order valence-electron chi connectivity index (χ2n) is 6.45. The van der Waals surface area contributed by atoms with Crippen LogP contribution in [-0.4, -0.2) is 42.3 Å². The molecule has 20 heavy (non-hydrogen) atoms. The van der Waals surface area contributed by atoms with Gasteiger partial charge in [0.2, 0.25) is 0 Å². The Morgan fingerprint density at radius 3 is 2.40 bits per heavy atom. The van der Waals surface area contributed by atoms with Crippen molar-refractivity contribution in [1.82, 2.24) is 10.2 Å². The lowest BCUT2D eigenvalue weighted by molar-refractivity contribution is -0.00931. The minimum absolute atomic E-state index is 0.388. The maximum atomic E-state index is 10.0. The molecule has 0 amide bonds. The van der Waals surface area contributed by atoms with E-state index < -0.39 is 5.60 Å². The predicted octanol–water partition coefficient (Wildman–Crippen LogP) is 2.43. The fraction of sp³-hybridized carbons (Fsp3) is 0.647. The van der Waals surface area contributed by atoms with Gasteiger partial charge in [-0.3, -0.25) is 0 Å². The van der Waals surface area contributed by atoms with Crippen LogP contribution in [0.25, 0.3) is 0 Å². The first-order chi connectivity index (χ1) is 9.52. The number of aliphatic hydroxyl groups is 1. The molecule has 1 heterocycles. The van der Waals surface area contributed by atoms with Crippen molar-refractivity contribution in [1.29, 1.82) is 0 Å². The zero-order valence-electron chi connectivity index (χ0n) is 13.0. The molecule has 112 valence electrons. The van der Waals surface area contributed by atoms with E-state index in [1.54, 1.807) is 0 Å². The summed E-state index contributed by atoms with van der Waals surface area (Å²) in [4.78, 5) is 2.48. The minimum Gasteiger partial charge on any atom is -0.390 e. The molecule has 0 aromatic heterocycles. The summed E-state index contributed by atoms with van der Waals surface area (Å²) in [6, 6.07) is 11.0. The maximum Gasteiger partial charge on any atom is 0.0644 e. The van der Waals surface area contributed by atoms with Crippen LogP contribution in [0.15, 0.2) is 30.3 Å². The third kappa shape index (κ3) is 4.05. The summed E-state index contributed by atoms with van der Waals surface area (Å²) < 4.78 is 0. The van der Waals surface area contributed by atoms with E-state index in [9.17, 15) is 5.11 Å². The molecule has 2 atom stereocenters. The summed E-state index contributed by atoms with van der Waals surface area (Å²) in [5, 5.41) is 13.5. The first-order valence-electron chi connectivity index (χ1n) is 7.69. The Hall–Kier alpha value is -0.900. The van der Waals surface area contributed by atoms with E-state index in [0.29, 0.717) is 12.0 Å². The van der Waals surface area contributed by atoms with Crippen molar-refractivity contribution < 1.29 is 5.11 Å². The Balaban J connectivity index is 1.92. The molecular formula is C17H28N2O. The van der Waals surface area contributed by atoms with Crippen molar-refractivity contribution in [2.24, 2.45) is 5.92 Å².